The van der Waals surface area contributed by atoms with Gasteiger partial charge in [0, 0.05) is 0 Å². The average Bonchev–Trinajstić information content (AvgIpc) is 3.32. The smallest absolute Gasteiger partial charge is 0.0976 e. The molecule has 2 nitrogen and oxygen atoms in total. The second-order valence-corrected chi connectivity index (χ2v) is 7.78. The Hall–Kier alpha value is -1.33. The predicted molar refractivity (Wildman–Crippen MR) is 83.7 cm³/mol. The van der Waals surface area contributed by atoms with Crippen LogP contribution in [0.3, 0.4) is 0 Å². The van der Waals surface area contributed by atoms with Crippen LogP contribution in [0.2, 0.25) is 0 Å². The van der Waals surface area contributed by atoms with Crippen LogP contribution in [0.25, 0.3) is 0 Å². The average molecular weight is 283 g/mol. The largest absolute Gasteiger partial charge is 0.387 e. The number of nitrogens with zero attached hydrogens (tertiary/aromatic N) is 1. The van der Waals surface area contributed by atoms with E-state index in [1.54, 1.807) is 0 Å². The molecule has 2 fully saturated rings. The molecule has 21 heavy (non-hydrogen) atoms. The van der Waals surface area contributed by atoms with Crippen molar-refractivity contribution in [2.75, 3.05) is 0 Å². The Morgan fingerprint density at radius 3 is 2.43 bits per heavy atom. The Morgan fingerprint density at radius 1 is 1.19 bits per heavy atom. The first-order chi connectivity index (χ1) is 9.96. The number of benzene rings is 1. The minimum atomic E-state index is -0.655. The highest BCUT2D eigenvalue weighted by atomic mass is 16.3. The van der Waals surface area contributed by atoms with Gasteiger partial charge >= 0.3 is 0 Å². The lowest BCUT2D eigenvalue weighted by molar-refractivity contribution is 0.00952. The molecular weight excluding hydrogens is 258 g/mol. The molecule has 2 heteroatoms. The summed E-state index contributed by atoms with van der Waals surface area (Å²) in [4.78, 5) is 0. The summed E-state index contributed by atoms with van der Waals surface area (Å²) >= 11 is 0. The fourth-order valence-electron chi connectivity index (χ4n) is 3.54. The van der Waals surface area contributed by atoms with Crippen molar-refractivity contribution in [2.24, 2.45) is 10.8 Å². The summed E-state index contributed by atoms with van der Waals surface area (Å²) in [7, 11) is 0. The highest BCUT2D eigenvalue weighted by Gasteiger charge is 2.44. The fraction of sp³-hybridized carbons (Fsp3) is 0.632. The maximum atomic E-state index is 10.9. The van der Waals surface area contributed by atoms with Crippen molar-refractivity contribution in [3.8, 4) is 6.07 Å². The summed E-state index contributed by atoms with van der Waals surface area (Å²) in [5, 5.41) is 20.6. The molecular formula is C19H25NO. The van der Waals surface area contributed by atoms with Crippen LogP contribution < -0.4 is 0 Å². The van der Waals surface area contributed by atoms with E-state index in [1.165, 1.54) is 18.4 Å². The van der Waals surface area contributed by atoms with E-state index in [0.29, 0.717) is 11.3 Å². The van der Waals surface area contributed by atoms with Crippen LogP contribution in [0.15, 0.2) is 24.3 Å². The molecule has 0 bridgehead atoms. The van der Waals surface area contributed by atoms with E-state index in [1.807, 2.05) is 12.1 Å². The lowest BCUT2D eigenvalue weighted by Crippen LogP contribution is -2.35. The molecule has 0 amide bonds. The molecule has 1 N–H and O–H groups in total. The first-order valence-electron chi connectivity index (χ1n) is 8.15. The van der Waals surface area contributed by atoms with Gasteiger partial charge in [0.25, 0.3) is 0 Å². The van der Waals surface area contributed by atoms with E-state index in [0.717, 1.165) is 31.2 Å². The van der Waals surface area contributed by atoms with Gasteiger partial charge in [-0.1, -0.05) is 38.1 Å². The van der Waals surface area contributed by atoms with Crippen molar-refractivity contribution >= 4 is 0 Å². The van der Waals surface area contributed by atoms with Crippen molar-refractivity contribution in [2.45, 2.75) is 64.4 Å². The minimum Gasteiger partial charge on any atom is -0.387 e. The van der Waals surface area contributed by atoms with Crippen molar-refractivity contribution in [1.82, 2.24) is 0 Å². The van der Waals surface area contributed by atoms with E-state index >= 15 is 0 Å². The predicted octanol–water partition coefficient (Wildman–Crippen LogP) is 4.71. The Morgan fingerprint density at radius 2 is 1.86 bits per heavy atom. The van der Waals surface area contributed by atoms with E-state index in [9.17, 15) is 10.4 Å². The summed E-state index contributed by atoms with van der Waals surface area (Å²) < 4.78 is 0. The molecule has 1 unspecified atom stereocenters. The monoisotopic (exact) mass is 283 g/mol. The zero-order chi connectivity index (χ0) is 15.1. The lowest BCUT2D eigenvalue weighted by Gasteiger charge is -2.42. The van der Waals surface area contributed by atoms with Gasteiger partial charge in [0.1, 0.15) is 0 Å². The van der Waals surface area contributed by atoms with Crippen molar-refractivity contribution < 1.29 is 5.11 Å². The molecule has 0 aliphatic heterocycles. The topological polar surface area (TPSA) is 44.0 Å². The second kappa shape index (κ2) is 5.14. The Kier molecular flexibility index (Phi) is 3.58. The Balaban J connectivity index is 1.84. The van der Waals surface area contributed by atoms with Gasteiger partial charge in [-0.2, -0.15) is 5.26 Å². The SMILES string of the molecule is CC1(C)CCC(C#N)(C(O)c2cccc(C3CC3)c2)CC1. The zero-order valence-electron chi connectivity index (χ0n) is 13.1. The minimum absolute atomic E-state index is 0.302. The molecule has 3 rings (SSSR count). The standard InChI is InChI=1S/C19H25NO/c1-18(2)8-10-19(13-20,11-9-18)17(21)16-5-3-4-15(12-16)14-6-7-14/h3-5,12,14,17,21H,6-11H2,1-2H3. The quantitative estimate of drug-likeness (QED) is 0.873. The van der Waals surface area contributed by atoms with Crippen LogP contribution in [0.5, 0.6) is 0 Å². The van der Waals surface area contributed by atoms with Crippen LogP contribution in [-0.4, -0.2) is 5.11 Å². The zero-order valence-corrected chi connectivity index (χ0v) is 13.1. The molecule has 2 aliphatic rings. The fourth-order valence-corrected chi connectivity index (χ4v) is 3.54. The van der Waals surface area contributed by atoms with Crippen LogP contribution in [0.4, 0.5) is 0 Å². The molecule has 0 radical (unpaired) electrons. The molecule has 0 heterocycles. The number of aliphatic hydroxyl groups excluding tert-OH is 1. The van der Waals surface area contributed by atoms with Crippen LogP contribution >= 0.6 is 0 Å². The summed E-state index contributed by atoms with van der Waals surface area (Å²) in [6.45, 7) is 4.52. The summed E-state index contributed by atoms with van der Waals surface area (Å²) in [5.74, 6) is 0.681. The molecule has 1 aromatic carbocycles. The van der Waals surface area contributed by atoms with Gasteiger partial charge in [-0.25, -0.2) is 0 Å². The number of aliphatic hydroxyl groups is 1. The van der Waals surface area contributed by atoms with Gasteiger partial charge in [0.2, 0.25) is 0 Å². The lowest BCUT2D eigenvalue weighted by atomic mass is 9.62. The number of hydrogen-bond acceptors (Lipinski definition) is 2. The third-order valence-corrected chi connectivity index (χ3v) is 5.52. The molecule has 1 atom stereocenters. The summed E-state index contributed by atoms with van der Waals surface area (Å²) in [6, 6.07) is 10.8. The van der Waals surface area contributed by atoms with E-state index < -0.39 is 11.5 Å². The molecule has 0 saturated heterocycles. The molecule has 2 aliphatic carbocycles. The summed E-state index contributed by atoms with van der Waals surface area (Å²) in [5.41, 5.74) is 1.96. The maximum Gasteiger partial charge on any atom is 0.0976 e. The van der Waals surface area contributed by atoms with Gasteiger partial charge in [-0.05, 0) is 61.0 Å². The van der Waals surface area contributed by atoms with E-state index in [2.05, 4.69) is 32.0 Å². The van der Waals surface area contributed by atoms with Crippen LogP contribution in [-0.2, 0) is 0 Å². The van der Waals surface area contributed by atoms with Crippen molar-refractivity contribution in [3.63, 3.8) is 0 Å². The molecule has 0 aromatic heterocycles. The third-order valence-electron chi connectivity index (χ3n) is 5.52. The van der Waals surface area contributed by atoms with E-state index in [-0.39, 0.29) is 0 Å². The van der Waals surface area contributed by atoms with Gasteiger partial charge in [-0.3, -0.25) is 0 Å². The van der Waals surface area contributed by atoms with Gasteiger partial charge < -0.3 is 5.11 Å². The van der Waals surface area contributed by atoms with Crippen LogP contribution in [0, 0.1) is 22.2 Å². The highest BCUT2D eigenvalue weighted by Crippen LogP contribution is 2.51. The first kappa shape index (κ1) is 14.6. The van der Waals surface area contributed by atoms with Crippen molar-refractivity contribution in [1.29, 1.82) is 5.26 Å². The molecule has 1 aromatic rings. The highest BCUT2D eigenvalue weighted by molar-refractivity contribution is 5.32. The van der Waals surface area contributed by atoms with E-state index in [4.69, 9.17) is 0 Å². The first-order valence-corrected chi connectivity index (χ1v) is 8.15. The normalized spacial score (nSPS) is 25.0. The molecule has 112 valence electrons. The number of rotatable bonds is 3. The van der Waals surface area contributed by atoms with Gasteiger partial charge in [0.05, 0.1) is 17.6 Å². The molecule has 0 spiro atoms. The summed E-state index contributed by atoms with van der Waals surface area (Å²) in [6.07, 6.45) is 5.49. The van der Waals surface area contributed by atoms with Crippen molar-refractivity contribution in [3.05, 3.63) is 35.4 Å². The van der Waals surface area contributed by atoms with Crippen LogP contribution in [0.1, 0.15) is 75.5 Å². The maximum absolute atomic E-state index is 10.9. The third kappa shape index (κ3) is 2.85. The second-order valence-electron chi connectivity index (χ2n) is 7.78. The van der Waals surface area contributed by atoms with Gasteiger partial charge in [0.15, 0.2) is 0 Å². The number of hydrogen-bond donors (Lipinski definition) is 1. The molecule has 2 saturated carbocycles. The number of nitriles is 1. The Labute approximate surface area is 127 Å². The van der Waals surface area contributed by atoms with Gasteiger partial charge in [-0.15, -0.1) is 0 Å². The Bertz CT molecular complexity index is 555.